The number of hydrogen-bond acceptors (Lipinski definition) is 3. The summed E-state index contributed by atoms with van der Waals surface area (Å²) >= 11 is 1.58. The largest absolute Gasteiger partial charge is 0.416 e. The number of benzene rings is 1. The van der Waals surface area contributed by atoms with Crippen molar-refractivity contribution in [3.63, 3.8) is 0 Å². The van der Waals surface area contributed by atoms with E-state index in [1.807, 2.05) is 6.92 Å². The highest BCUT2D eigenvalue weighted by atomic mass is 32.1. The molecule has 0 saturated heterocycles. The van der Waals surface area contributed by atoms with Crippen molar-refractivity contribution in [3.8, 4) is 0 Å². The van der Waals surface area contributed by atoms with Gasteiger partial charge in [0.15, 0.2) is 5.96 Å². The summed E-state index contributed by atoms with van der Waals surface area (Å²) in [6, 6.07) is 4.95. The molecule has 1 aromatic heterocycles. The fourth-order valence-corrected chi connectivity index (χ4v) is 2.84. The molecule has 24 heavy (non-hydrogen) atoms. The van der Waals surface area contributed by atoms with Crippen molar-refractivity contribution in [1.82, 2.24) is 15.6 Å². The number of halogens is 3. The molecular weight excluding hydrogens is 337 g/mol. The number of alkyl halides is 3. The summed E-state index contributed by atoms with van der Waals surface area (Å²) in [5, 5.41) is 7.11. The summed E-state index contributed by atoms with van der Waals surface area (Å²) in [5.41, 5.74) is -0.118. The van der Waals surface area contributed by atoms with Gasteiger partial charge in [-0.15, -0.1) is 11.3 Å². The maximum Gasteiger partial charge on any atom is 0.416 e. The fourth-order valence-electron chi connectivity index (χ4n) is 2.11. The third-order valence-corrected chi connectivity index (χ3v) is 4.28. The molecule has 0 radical (unpaired) electrons. The molecule has 0 aliphatic heterocycles. The van der Waals surface area contributed by atoms with Crippen LogP contribution in [0, 0.1) is 6.92 Å². The van der Waals surface area contributed by atoms with E-state index in [1.54, 1.807) is 37.6 Å². The molecule has 0 aliphatic rings. The van der Waals surface area contributed by atoms with Crippen LogP contribution in [0.5, 0.6) is 0 Å². The number of guanidine groups is 1. The second-order valence-electron chi connectivity index (χ2n) is 5.28. The Kier molecular flexibility index (Phi) is 5.82. The molecule has 1 aromatic carbocycles. The Hall–Kier alpha value is -2.09. The Morgan fingerprint density at radius 1 is 1.38 bits per heavy atom. The van der Waals surface area contributed by atoms with Crippen LogP contribution in [0.25, 0.3) is 0 Å². The zero-order chi connectivity index (χ0) is 17.7. The SMILES string of the molecule is CN=C(NCc1ncc(C)s1)NC(C)c1cccc(C(F)(F)F)c1. The second-order valence-corrected chi connectivity index (χ2v) is 6.60. The lowest BCUT2D eigenvalue weighted by atomic mass is 10.1. The van der Waals surface area contributed by atoms with E-state index < -0.39 is 11.7 Å². The van der Waals surface area contributed by atoms with Crippen LogP contribution in [0.2, 0.25) is 0 Å². The minimum Gasteiger partial charge on any atom is -0.350 e. The van der Waals surface area contributed by atoms with Gasteiger partial charge in [0, 0.05) is 18.1 Å². The van der Waals surface area contributed by atoms with E-state index in [0.29, 0.717) is 18.1 Å². The van der Waals surface area contributed by atoms with Crippen molar-refractivity contribution in [2.24, 2.45) is 4.99 Å². The number of aryl methyl sites for hydroxylation is 1. The predicted molar refractivity (Wildman–Crippen MR) is 90.0 cm³/mol. The highest BCUT2D eigenvalue weighted by Crippen LogP contribution is 2.30. The fraction of sp³-hybridized carbons (Fsp3) is 0.375. The quantitative estimate of drug-likeness (QED) is 0.645. The van der Waals surface area contributed by atoms with Gasteiger partial charge in [0.1, 0.15) is 5.01 Å². The summed E-state index contributed by atoms with van der Waals surface area (Å²) in [6.07, 6.45) is -2.55. The molecule has 2 aromatic rings. The standard InChI is InChI=1S/C16H19F3N4S/c1-10-8-21-14(24-10)9-22-15(20-3)23-11(2)12-5-4-6-13(7-12)16(17,18)19/h4-8,11H,9H2,1-3H3,(H2,20,22,23). The maximum atomic E-state index is 12.8. The Morgan fingerprint density at radius 3 is 2.71 bits per heavy atom. The first-order valence-electron chi connectivity index (χ1n) is 7.35. The average Bonchev–Trinajstić information content (AvgIpc) is 2.96. The predicted octanol–water partition coefficient (Wildman–Crippen LogP) is 3.90. The maximum absolute atomic E-state index is 12.8. The van der Waals surface area contributed by atoms with Crippen LogP contribution in [0.1, 0.15) is 34.0 Å². The summed E-state index contributed by atoms with van der Waals surface area (Å²) in [7, 11) is 1.61. The molecule has 8 heteroatoms. The van der Waals surface area contributed by atoms with Crippen LogP contribution in [0.4, 0.5) is 13.2 Å². The van der Waals surface area contributed by atoms with Crippen LogP contribution < -0.4 is 10.6 Å². The molecule has 130 valence electrons. The van der Waals surface area contributed by atoms with Crippen LogP contribution in [-0.2, 0) is 12.7 Å². The lowest BCUT2D eigenvalue weighted by molar-refractivity contribution is -0.137. The molecule has 0 spiro atoms. The summed E-state index contributed by atoms with van der Waals surface area (Å²) in [6.45, 7) is 4.27. The number of hydrogen-bond donors (Lipinski definition) is 2. The highest BCUT2D eigenvalue weighted by molar-refractivity contribution is 7.11. The van der Waals surface area contributed by atoms with Crippen molar-refractivity contribution in [2.45, 2.75) is 32.6 Å². The highest BCUT2D eigenvalue weighted by Gasteiger charge is 2.30. The molecule has 0 bridgehead atoms. The molecule has 0 amide bonds. The minimum atomic E-state index is -4.35. The number of aromatic nitrogens is 1. The minimum absolute atomic E-state index is 0.323. The average molecular weight is 356 g/mol. The summed E-state index contributed by atoms with van der Waals surface area (Å²) < 4.78 is 38.4. The van der Waals surface area contributed by atoms with Crippen molar-refractivity contribution in [2.75, 3.05) is 7.05 Å². The number of nitrogens with zero attached hydrogens (tertiary/aromatic N) is 2. The van der Waals surface area contributed by atoms with Gasteiger partial charge in [-0.3, -0.25) is 4.99 Å². The zero-order valence-corrected chi connectivity index (χ0v) is 14.4. The molecule has 1 heterocycles. The molecule has 1 atom stereocenters. The Balaban J connectivity index is 2.00. The molecule has 0 fully saturated rings. The second kappa shape index (κ2) is 7.65. The van der Waals surface area contributed by atoms with Crippen LogP contribution in [0.3, 0.4) is 0 Å². The van der Waals surface area contributed by atoms with Gasteiger partial charge < -0.3 is 10.6 Å². The third-order valence-electron chi connectivity index (χ3n) is 3.37. The van der Waals surface area contributed by atoms with E-state index in [9.17, 15) is 13.2 Å². The number of thiazole rings is 1. The van der Waals surface area contributed by atoms with Gasteiger partial charge in [-0.05, 0) is 31.5 Å². The van der Waals surface area contributed by atoms with E-state index >= 15 is 0 Å². The molecule has 0 aliphatic carbocycles. The molecule has 4 nitrogen and oxygen atoms in total. The van der Waals surface area contributed by atoms with E-state index in [0.717, 1.165) is 22.0 Å². The third kappa shape index (κ3) is 4.95. The summed E-state index contributed by atoms with van der Waals surface area (Å²) in [4.78, 5) is 9.46. The molecule has 0 saturated carbocycles. The van der Waals surface area contributed by atoms with Gasteiger partial charge in [-0.2, -0.15) is 13.2 Å². The lowest BCUT2D eigenvalue weighted by Gasteiger charge is -2.19. The zero-order valence-electron chi connectivity index (χ0n) is 13.6. The monoisotopic (exact) mass is 356 g/mol. The Labute approximate surface area is 142 Å². The topological polar surface area (TPSA) is 49.3 Å². The van der Waals surface area contributed by atoms with Gasteiger partial charge in [0.2, 0.25) is 0 Å². The van der Waals surface area contributed by atoms with Crippen molar-refractivity contribution >= 4 is 17.3 Å². The normalized spacial score (nSPS) is 13.7. The van der Waals surface area contributed by atoms with E-state index in [-0.39, 0.29) is 6.04 Å². The number of rotatable bonds is 4. The van der Waals surface area contributed by atoms with Gasteiger partial charge in [-0.1, -0.05) is 12.1 Å². The first-order chi connectivity index (χ1) is 11.3. The van der Waals surface area contributed by atoms with Gasteiger partial charge in [0.25, 0.3) is 0 Å². The summed E-state index contributed by atoms with van der Waals surface area (Å²) in [5.74, 6) is 0.507. The smallest absolute Gasteiger partial charge is 0.350 e. The van der Waals surface area contributed by atoms with Gasteiger partial charge in [0.05, 0.1) is 18.2 Å². The van der Waals surface area contributed by atoms with Gasteiger partial charge in [-0.25, -0.2) is 4.98 Å². The first kappa shape index (κ1) is 18.3. The molecule has 1 unspecified atom stereocenters. The van der Waals surface area contributed by atoms with Crippen LogP contribution in [0.15, 0.2) is 35.5 Å². The van der Waals surface area contributed by atoms with Crippen molar-refractivity contribution in [3.05, 3.63) is 51.5 Å². The molecular formula is C16H19F3N4S. The lowest BCUT2D eigenvalue weighted by Crippen LogP contribution is -2.38. The van der Waals surface area contributed by atoms with E-state index in [1.165, 1.54) is 6.07 Å². The van der Waals surface area contributed by atoms with Gasteiger partial charge >= 0.3 is 6.18 Å². The van der Waals surface area contributed by atoms with E-state index in [2.05, 4.69) is 20.6 Å². The Bertz CT molecular complexity index is 709. The number of nitrogens with one attached hydrogen (secondary N) is 2. The van der Waals surface area contributed by atoms with E-state index in [4.69, 9.17) is 0 Å². The van der Waals surface area contributed by atoms with Crippen molar-refractivity contribution < 1.29 is 13.2 Å². The Morgan fingerprint density at radius 2 is 2.12 bits per heavy atom. The van der Waals surface area contributed by atoms with Crippen LogP contribution in [-0.4, -0.2) is 18.0 Å². The first-order valence-corrected chi connectivity index (χ1v) is 8.17. The van der Waals surface area contributed by atoms with Crippen molar-refractivity contribution in [1.29, 1.82) is 0 Å². The molecule has 2 rings (SSSR count). The molecule has 2 N–H and O–H groups in total. The van der Waals surface area contributed by atoms with Crippen LogP contribution >= 0.6 is 11.3 Å². The number of aliphatic imine (C=N–C) groups is 1.